The van der Waals surface area contributed by atoms with Crippen molar-refractivity contribution in [2.45, 2.75) is 91.9 Å². The summed E-state index contributed by atoms with van der Waals surface area (Å²) in [5.41, 5.74) is 0.140. The van der Waals surface area contributed by atoms with Crippen LogP contribution in [0.2, 0.25) is 0 Å². The molecule has 0 amide bonds. The molecule has 1 aliphatic rings. The van der Waals surface area contributed by atoms with Gasteiger partial charge < -0.3 is 47.4 Å². The molecule has 18 nitrogen and oxygen atoms in total. The van der Waals surface area contributed by atoms with Crippen molar-refractivity contribution in [3.05, 3.63) is 132 Å². The maximum atomic E-state index is 13.7. The van der Waals surface area contributed by atoms with Gasteiger partial charge in [0.1, 0.15) is 45.6 Å². The molecular weight excluding hydrogens is 1010 g/mol. The molecule has 1 fully saturated rings. The van der Waals surface area contributed by atoms with E-state index < -0.39 is 59.6 Å². The van der Waals surface area contributed by atoms with Gasteiger partial charge >= 0.3 is 47.8 Å². The molecule has 2 atom stereocenters. The summed E-state index contributed by atoms with van der Waals surface area (Å²) in [6.07, 6.45) is 7.08. The van der Waals surface area contributed by atoms with E-state index in [9.17, 15) is 38.4 Å². The van der Waals surface area contributed by atoms with Crippen LogP contribution in [0.3, 0.4) is 0 Å². The van der Waals surface area contributed by atoms with E-state index in [1.165, 1.54) is 60.7 Å². The van der Waals surface area contributed by atoms with Crippen LogP contribution in [0.4, 0.5) is 0 Å². The SMILES string of the molecule is C=CC(=O)OCCCCOc1ccc(C(=O)Oc2ccc(OC(=O)C3CCC(C(=O)Oc4ccc(OC(=O)c5ccc(OCCCCOC(=O)C=C)cc5)cc4C(=O)OCC(C)CC)CC3)c(C(=O)OCC(C)CC)c2)cc1. The fourth-order valence-electron chi connectivity index (χ4n) is 7.38. The number of unbranched alkanes of at least 4 members (excludes halogenated alkanes) is 2. The van der Waals surface area contributed by atoms with E-state index in [1.54, 1.807) is 24.3 Å². The standard InChI is InChI=1S/C60H68O18/c1-7-39(5)37-73-59(67)49-35-47(75-55(63)43-19-23-45(24-20-43)69-31-11-13-33-71-53(61)9-3)27-29-51(49)77-57(65)41-15-17-42(18-16-41)58(66)78-52-30-28-48(36-50(52)60(68)74-38-40(6)8-2)76-56(64)44-21-25-46(26-22-44)70-32-12-14-34-72-54(62)10-4/h9-10,19-30,35-36,39-42H,3-4,7-8,11-18,31-34,37-38H2,1-2,5-6H3. The lowest BCUT2D eigenvalue weighted by Crippen LogP contribution is -2.31. The second kappa shape index (κ2) is 31.7. The third kappa shape index (κ3) is 19.7. The van der Waals surface area contributed by atoms with Gasteiger partial charge in [-0.25, -0.2) is 28.8 Å². The van der Waals surface area contributed by atoms with Crippen LogP contribution in [0.1, 0.15) is 133 Å². The number of carbonyl (C=O) groups is 8. The zero-order chi connectivity index (χ0) is 56.4. The second-order valence-electron chi connectivity index (χ2n) is 18.6. The first-order valence-electron chi connectivity index (χ1n) is 26.1. The Morgan fingerprint density at radius 2 is 0.808 bits per heavy atom. The quantitative estimate of drug-likeness (QED) is 0.0155. The highest BCUT2D eigenvalue weighted by Crippen LogP contribution is 2.35. The molecule has 1 saturated carbocycles. The van der Waals surface area contributed by atoms with Crippen LogP contribution in [0, 0.1) is 23.7 Å². The summed E-state index contributed by atoms with van der Waals surface area (Å²) in [6.45, 7) is 15.8. The van der Waals surface area contributed by atoms with Gasteiger partial charge in [0, 0.05) is 12.2 Å². The molecule has 0 aromatic heterocycles. The average Bonchev–Trinajstić information content (AvgIpc) is 3.46. The number of esters is 8. The topological polar surface area (TPSA) is 229 Å². The molecule has 0 heterocycles. The number of hydrogen-bond donors (Lipinski definition) is 0. The van der Waals surface area contributed by atoms with Gasteiger partial charge in [0.25, 0.3) is 0 Å². The maximum absolute atomic E-state index is 13.7. The molecule has 0 bridgehead atoms. The van der Waals surface area contributed by atoms with E-state index >= 15 is 0 Å². The van der Waals surface area contributed by atoms with Gasteiger partial charge in [-0.2, -0.15) is 0 Å². The second-order valence-corrected chi connectivity index (χ2v) is 18.6. The predicted molar refractivity (Wildman–Crippen MR) is 284 cm³/mol. The van der Waals surface area contributed by atoms with E-state index in [-0.39, 0.29) is 109 Å². The molecule has 0 saturated heterocycles. The van der Waals surface area contributed by atoms with Crippen LogP contribution in [-0.4, -0.2) is 87.4 Å². The fourth-order valence-corrected chi connectivity index (χ4v) is 7.38. The van der Waals surface area contributed by atoms with Crippen molar-refractivity contribution in [2.75, 3.05) is 39.6 Å². The molecule has 0 radical (unpaired) electrons. The van der Waals surface area contributed by atoms with Gasteiger partial charge in [0.15, 0.2) is 0 Å². The molecule has 4 aromatic carbocycles. The Morgan fingerprint density at radius 3 is 1.15 bits per heavy atom. The number of carbonyl (C=O) groups excluding carboxylic acids is 8. The van der Waals surface area contributed by atoms with Crippen molar-refractivity contribution in [1.82, 2.24) is 0 Å². The van der Waals surface area contributed by atoms with Crippen LogP contribution in [-0.2, 0) is 38.1 Å². The first-order valence-corrected chi connectivity index (χ1v) is 26.1. The van der Waals surface area contributed by atoms with E-state index in [2.05, 4.69) is 13.2 Å². The number of benzene rings is 4. The smallest absolute Gasteiger partial charge is 0.343 e. The van der Waals surface area contributed by atoms with Crippen molar-refractivity contribution in [3.63, 3.8) is 0 Å². The molecular formula is C60H68O18. The Balaban J connectivity index is 1.18. The Bertz CT molecular complexity index is 2520. The molecule has 2 unspecified atom stereocenters. The van der Waals surface area contributed by atoms with E-state index in [0.29, 0.717) is 50.4 Å². The fraction of sp³-hybridized carbons (Fsp3) is 0.400. The molecule has 5 rings (SSSR count). The zero-order valence-electron chi connectivity index (χ0n) is 44.6. The minimum Gasteiger partial charge on any atom is -0.494 e. The van der Waals surface area contributed by atoms with Crippen molar-refractivity contribution < 1.29 is 85.7 Å². The van der Waals surface area contributed by atoms with Crippen molar-refractivity contribution in [2.24, 2.45) is 23.7 Å². The molecule has 0 aliphatic heterocycles. The Labute approximate surface area is 454 Å². The van der Waals surface area contributed by atoms with Crippen molar-refractivity contribution >= 4 is 47.8 Å². The van der Waals surface area contributed by atoms with Crippen molar-refractivity contribution in [1.29, 1.82) is 0 Å². The van der Waals surface area contributed by atoms with Gasteiger partial charge in [-0.3, -0.25) is 9.59 Å². The highest BCUT2D eigenvalue weighted by Gasteiger charge is 2.34. The highest BCUT2D eigenvalue weighted by molar-refractivity contribution is 5.97. The summed E-state index contributed by atoms with van der Waals surface area (Å²) in [5, 5.41) is 0. The molecule has 4 aromatic rings. The van der Waals surface area contributed by atoms with Gasteiger partial charge in [-0.05, 0) is 148 Å². The summed E-state index contributed by atoms with van der Waals surface area (Å²) < 4.78 is 55.3. The van der Waals surface area contributed by atoms with Gasteiger partial charge in [0.2, 0.25) is 0 Å². The van der Waals surface area contributed by atoms with Gasteiger partial charge in [-0.15, -0.1) is 0 Å². The lowest BCUT2D eigenvalue weighted by atomic mass is 9.82. The van der Waals surface area contributed by atoms with E-state index in [1.807, 2.05) is 27.7 Å². The van der Waals surface area contributed by atoms with Crippen LogP contribution >= 0.6 is 0 Å². The molecule has 0 spiro atoms. The molecule has 0 N–H and O–H groups in total. The maximum Gasteiger partial charge on any atom is 0.343 e. The normalized spacial score (nSPS) is 14.5. The first-order chi connectivity index (χ1) is 37.6. The number of ether oxygens (including phenoxy) is 10. The summed E-state index contributed by atoms with van der Waals surface area (Å²) in [4.78, 5) is 103. The van der Waals surface area contributed by atoms with Crippen LogP contribution in [0.5, 0.6) is 34.5 Å². The Kier molecular flexibility index (Phi) is 24.6. The third-order valence-corrected chi connectivity index (χ3v) is 12.6. The zero-order valence-corrected chi connectivity index (χ0v) is 44.6. The largest absolute Gasteiger partial charge is 0.494 e. The lowest BCUT2D eigenvalue weighted by molar-refractivity contribution is -0.145. The van der Waals surface area contributed by atoms with Gasteiger partial charge in [0.05, 0.1) is 62.6 Å². The number of hydrogen-bond acceptors (Lipinski definition) is 18. The lowest BCUT2D eigenvalue weighted by Gasteiger charge is -2.26. The monoisotopic (exact) mass is 1080 g/mol. The summed E-state index contributed by atoms with van der Waals surface area (Å²) in [5.74, 6) is -5.67. The molecule has 78 heavy (non-hydrogen) atoms. The predicted octanol–water partition coefficient (Wildman–Crippen LogP) is 10.6. The minimum atomic E-state index is -0.787. The molecule has 18 heteroatoms. The molecule has 1 aliphatic carbocycles. The first kappa shape index (κ1) is 60.6. The Morgan fingerprint density at radius 1 is 0.462 bits per heavy atom. The number of rotatable bonds is 30. The van der Waals surface area contributed by atoms with Crippen LogP contribution in [0.15, 0.2) is 110 Å². The average molecular weight is 1080 g/mol. The third-order valence-electron chi connectivity index (χ3n) is 12.6. The highest BCUT2D eigenvalue weighted by atomic mass is 16.6. The minimum absolute atomic E-state index is 0.00106. The Hall–Kier alpha value is -8.28. The van der Waals surface area contributed by atoms with Crippen LogP contribution in [0.25, 0.3) is 0 Å². The van der Waals surface area contributed by atoms with Gasteiger partial charge in [-0.1, -0.05) is 53.7 Å². The molecule has 416 valence electrons. The summed E-state index contributed by atoms with van der Waals surface area (Å²) >= 11 is 0. The van der Waals surface area contributed by atoms with Crippen LogP contribution < -0.4 is 28.4 Å². The van der Waals surface area contributed by atoms with E-state index in [4.69, 9.17) is 47.4 Å². The van der Waals surface area contributed by atoms with Crippen molar-refractivity contribution in [3.8, 4) is 34.5 Å². The van der Waals surface area contributed by atoms with E-state index in [0.717, 1.165) is 25.0 Å². The summed E-state index contributed by atoms with van der Waals surface area (Å²) in [7, 11) is 0. The summed E-state index contributed by atoms with van der Waals surface area (Å²) in [6, 6.07) is 20.6.